The first-order valence-corrected chi connectivity index (χ1v) is 10.0. The Morgan fingerprint density at radius 3 is 2.18 bits per heavy atom. The Kier molecular flexibility index (Phi) is 4.65. The summed E-state index contributed by atoms with van der Waals surface area (Å²) in [6.07, 6.45) is 0. The van der Waals surface area contributed by atoms with Gasteiger partial charge in [-0.2, -0.15) is 0 Å². The van der Waals surface area contributed by atoms with Gasteiger partial charge in [0.1, 0.15) is 0 Å². The van der Waals surface area contributed by atoms with E-state index in [-0.39, 0.29) is 9.09 Å². The lowest BCUT2D eigenvalue weighted by atomic mass is 10.1. The lowest BCUT2D eigenvalue weighted by molar-refractivity contribution is 0.374. The summed E-state index contributed by atoms with van der Waals surface area (Å²) in [5, 5.41) is 0. The van der Waals surface area contributed by atoms with Gasteiger partial charge in [0.2, 0.25) is 4.34 Å². The fourth-order valence-corrected chi connectivity index (χ4v) is 6.70. The van der Waals surface area contributed by atoms with Crippen LogP contribution >= 0.6 is 23.3 Å². The van der Waals surface area contributed by atoms with E-state index in [4.69, 9.17) is 0 Å². The Morgan fingerprint density at radius 2 is 1.68 bits per heavy atom. The smallest absolute Gasteiger partial charge is 0.224 e. The van der Waals surface area contributed by atoms with Crippen LogP contribution in [-0.2, 0) is 10.0 Å². The number of hydrogen-bond donors (Lipinski definition) is 0. The van der Waals surface area contributed by atoms with E-state index in [1.165, 1.54) is 27.0 Å². The second kappa shape index (κ2) is 5.78. The highest BCUT2D eigenvalue weighted by molar-refractivity contribution is 8.09. The largest absolute Gasteiger partial charge is 0.280 e. The van der Waals surface area contributed by atoms with Gasteiger partial charge >= 0.3 is 0 Å². The zero-order valence-corrected chi connectivity index (χ0v) is 16.2. The Balaban J connectivity index is 2.53. The van der Waals surface area contributed by atoms with Crippen molar-refractivity contribution in [3.8, 4) is 0 Å². The van der Waals surface area contributed by atoms with Gasteiger partial charge in [0, 0.05) is 10.3 Å². The average molecular weight is 359 g/mol. The third kappa shape index (κ3) is 3.82. The quantitative estimate of drug-likeness (QED) is 0.756. The van der Waals surface area contributed by atoms with Crippen molar-refractivity contribution < 1.29 is 8.42 Å². The lowest BCUT2D eigenvalue weighted by Gasteiger charge is -2.36. The highest BCUT2D eigenvalue weighted by Crippen LogP contribution is 2.40. The number of sulfonamides is 1. The van der Waals surface area contributed by atoms with Crippen LogP contribution in [0.25, 0.3) is 10.2 Å². The molecule has 0 bridgehead atoms. The molecule has 7 heteroatoms. The number of hydrogen-bond acceptors (Lipinski definition) is 5. The van der Waals surface area contributed by atoms with Crippen LogP contribution in [0.4, 0.5) is 0 Å². The molecule has 0 radical (unpaired) electrons. The van der Waals surface area contributed by atoms with Crippen molar-refractivity contribution in [1.82, 2.24) is 8.69 Å². The number of rotatable bonds is 3. The molecule has 2 rings (SSSR count). The molecule has 1 aromatic carbocycles. The van der Waals surface area contributed by atoms with E-state index < -0.39 is 15.6 Å². The first-order valence-electron chi connectivity index (χ1n) is 7.01. The Labute approximate surface area is 141 Å². The van der Waals surface area contributed by atoms with Gasteiger partial charge in [-0.25, -0.2) is 13.4 Å². The molecule has 0 saturated carbocycles. The van der Waals surface area contributed by atoms with Crippen LogP contribution in [0.2, 0.25) is 0 Å². The van der Waals surface area contributed by atoms with Crippen LogP contribution in [0.1, 0.15) is 41.5 Å². The molecule has 0 aliphatic heterocycles. The molecule has 0 aliphatic rings. The predicted molar refractivity (Wildman–Crippen MR) is 95.7 cm³/mol. The van der Waals surface area contributed by atoms with E-state index in [0.717, 1.165) is 10.2 Å². The molecule has 0 saturated heterocycles. The van der Waals surface area contributed by atoms with Gasteiger partial charge in [-0.3, -0.25) is 0 Å². The van der Waals surface area contributed by atoms with Crippen molar-refractivity contribution in [2.45, 2.75) is 56.2 Å². The molecule has 4 nitrogen and oxygen atoms in total. The number of benzene rings is 1. The molecule has 0 aliphatic carbocycles. The van der Waals surface area contributed by atoms with Crippen LogP contribution in [0, 0.1) is 0 Å². The second-order valence-electron chi connectivity index (χ2n) is 7.05. The number of aromatic nitrogens is 1. The maximum Gasteiger partial charge on any atom is 0.280 e. The zero-order valence-electron chi connectivity index (χ0n) is 13.7. The molecule has 0 fully saturated rings. The van der Waals surface area contributed by atoms with E-state index in [9.17, 15) is 8.42 Å². The summed E-state index contributed by atoms with van der Waals surface area (Å²) in [5.74, 6) is 0. The standard InChI is InChI=1S/C15H22N2O2S3/c1-14(2,3)17(21-15(4,5)6)22(18,19)13-16-11-9-7-8-10-12(11)20-13/h7-10H,1-6H3. The fourth-order valence-electron chi connectivity index (χ4n) is 1.83. The molecule has 122 valence electrons. The third-order valence-corrected chi connectivity index (χ3v) is 7.92. The summed E-state index contributed by atoms with van der Waals surface area (Å²) >= 11 is 2.55. The maximum atomic E-state index is 13.1. The van der Waals surface area contributed by atoms with Crippen molar-refractivity contribution in [1.29, 1.82) is 0 Å². The molecule has 0 spiro atoms. The normalized spacial score (nSPS) is 14.0. The molecule has 22 heavy (non-hydrogen) atoms. The van der Waals surface area contributed by atoms with Gasteiger partial charge in [0.05, 0.1) is 10.2 Å². The van der Waals surface area contributed by atoms with Crippen LogP contribution in [0.15, 0.2) is 28.6 Å². The minimum absolute atomic E-state index is 0.153. The first-order chi connectivity index (χ1) is 9.91. The highest BCUT2D eigenvalue weighted by atomic mass is 32.3. The third-order valence-electron chi connectivity index (χ3n) is 2.62. The van der Waals surface area contributed by atoms with Gasteiger partial charge in [0.25, 0.3) is 10.0 Å². The number of nitrogens with zero attached hydrogens (tertiary/aromatic N) is 2. The maximum absolute atomic E-state index is 13.1. The van der Waals surface area contributed by atoms with Crippen LogP contribution < -0.4 is 0 Å². The van der Waals surface area contributed by atoms with Gasteiger partial charge in [0.15, 0.2) is 0 Å². The SMILES string of the molecule is CC(C)(C)SN(C(C)(C)C)S(=O)(=O)c1nc2ccccc2s1. The van der Waals surface area contributed by atoms with Gasteiger partial charge in [-0.1, -0.05) is 24.1 Å². The van der Waals surface area contributed by atoms with Crippen LogP contribution in [0.3, 0.4) is 0 Å². The lowest BCUT2D eigenvalue weighted by Crippen LogP contribution is -2.42. The summed E-state index contributed by atoms with van der Waals surface area (Å²) < 4.78 is 28.5. The first kappa shape index (κ1) is 17.7. The van der Waals surface area contributed by atoms with E-state index in [2.05, 4.69) is 4.98 Å². The summed E-state index contributed by atoms with van der Waals surface area (Å²) in [7, 11) is -3.65. The number of fused-ring (bicyclic) bond motifs is 1. The van der Waals surface area contributed by atoms with Gasteiger partial charge < -0.3 is 0 Å². The van der Waals surface area contributed by atoms with E-state index in [1.807, 2.05) is 65.8 Å². The van der Waals surface area contributed by atoms with Crippen molar-refractivity contribution in [2.75, 3.05) is 0 Å². The Bertz CT molecular complexity index is 735. The van der Waals surface area contributed by atoms with E-state index in [0.29, 0.717) is 0 Å². The number of thiazole rings is 1. The van der Waals surface area contributed by atoms with Gasteiger partial charge in [-0.05, 0) is 53.7 Å². The van der Waals surface area contributed by atoms with Crippen molar-refractivity contribution in [3.63, 3.8) is 0 Å². The molecule has 0 atom stereocenters. The summed E-state index contributed by atoms with van der Waals surface area (Å²) in [6.45, 7) is 11.7. The van der Waals surface area contributed by atoms with Crippen molar-refractivity contribution in [2.24, 2.45) is 0 Å². The molecule has 0 N–H and O–H groups in total. The molecular formula is C15H22N2O2S3. The van der Waals surface area contributed by atoms with E-state index in [1.54, 1.807) is 0 Å². The average Bonchev–Trinajstić information content (AvgIpc) is 2.78. The fraction of sp³-hybridized carbons (Fsp3) is 0.533. The van der Waals surface area contributed by atoms with Crippen LogP contribution in [0.5, 0.6) is 0 Å². The summed E-state index contributed by atoms with van der Waals surface area (Å²) in [6, 6.07) is 7.49. The summed E-state index contributed by atoms with van der Waals surface area (Å²) in [5.41, 5.74) is 0.190. The molecule has 2 aromatic rings. The van der Waals surface area contributed by atoms with Crippen molar-refractivity contribution >= 4 is 43.5 Å². The molecule has 1 aromatic heterocycles. The molecule has 0 amide bonds. The van der Waals surface area contributed by atoms with Crippen molar-refractivity contribution in [3.05, 3.63) is 24.3 Å². The molecule has 1 heterocycles. The Hall–Kier alpha value is -0.630. The van der Waals surface area contributed by atoms with E-state index >= 15 is 0 Å². The second-order valence-corrected chi connectivity index (χ2v) is 12.0. The van der Waals surface area contributed by atoms with Crippen LogP contribution in [-0.4, -0.2) is 27.4 Å². The summed E-state index contributed by atoms with van der Waals surface area (Å²) in [4.78, 5) is 4.32. The number of para-hydroxylation sites is 1. The highest BCUT2D eigenvalue weighted by Gasteiger charge is 2.39. The Morgan fingerprint density at radius 1 is 1.09 bits per heavy atom. The predicted octanol–water partition coefficient (Wildman–Crippen LogP) is 4.53. The minimum atomic E-state index is -3.65. The van der Waals surface area contributed by atoms with Gasteiger partial charge in [-0.15, -0.1) is 15.0 Å². The molecule has 0 unspecified atom stereocenters. The minimum Gasteiger partial charge on any atom is -0.224 e. The monoisotopic (exact) mass is 358 g/mol. The topological polar surface area (TPSA) is 50.3 Å². The molecular weight excluding hydrogens is 336 g/mol. The zero-order chi connectivity index (χ0) is 16.8.